The van der Waals surface area contributed by atoms with Gasteiger partial charge in [-0.25, -0.2) is 9.66 Å². The Morgan fingerprint density at radius 3 is 2.79 bits per heavy atom. The number of nitrogens with one attached hydrogen (secondary N) is 1. The topological polar surface area (TPSA) is 72.9 Å². The van der Waals surface area contributed by atoms with Gasteiger partial charge in [-0.15, -0.1) is 11.3 Å². The zero-order chi connectivity index (χ0) is 16.7. The van der Waals surface area contributed by atoms with Crippen molar-refractivity contribution in [2.24, 2.45) is 0 Å². The van der Waals surface area contributed by atoms with Gasteiger partial charge in [-0.3, -0.25) is 4.79 Å². The van der Waals surface area contributed by atoms with Crippen molar-refractivity contribution in [2.75, 3.05) is 11.2 Å². The second-order valence-corrected chi connectivity index (χ2v) is 7.95. The molecule has 0 saturated carbocycles. The third-order valence-corrected chi connectivity index (χ3v) is 6.10. The third-order valence-electron chi connectivity index (χ3n) is 4.39. The summed E-state index contributed by atoms with van der Waals surface area (Å²) in [6, 6.07) is 7.85. The highest BCUT2D eigenvalue weighted by Crippen LogP contribution is 2.33. The van der Waals surface area contributed by atoms with Gasteiger partial charge in [0, 0.05) is 15.0 Å². The molecule has 24 heavy (non-hydrogen) atoms. The average molecular weight is 405 g/mol. The van der Waals surface area contributed by atoms with E-state index in [0.29, 0.717) is 12.4 Å². The lowest BCUT2D eigenvalue weighted by Crippen LogP contribution is -2.32. The predicted octanol–water partition coefficient (Wildman–Crippen LogP) is 3.43. The van der Waals surface area contributed by atoms with Crippen molar-refractivity contribution >= 4 is 43.2 Å². The zero-order valence-corrected chi connectivity index (χ0v) is 15.4. The number of rotatable bonds is 3. The first-order chi connectivity index (χ1) is 11.6. The summed E-state index contributed by atoms with van der Waals surface area (Å²) in [4.78, 5) is 19.5. The molecule has 0 aliphatic heterocycles. The molecule has 2 heterocycles. The number of aryl methyl sites for hydroxylation is 2. The predicted molar refractivity (Wildman–Crippen MR) is 102 cm³/mol. The molecule has 5 nitrogen and oxygen atoms in total. The summed E-state index contributed by atoms with van der Waals surface area (Å²) in [5, 5.41) is 3.99. The van der Waals surface area contributed by atoms with Crippen LogP contribution in [0.15, 0.2) is 33.5 Å². The summed E-state index contributed by atoms with van der Waals surface area (Å²) >= 11 is 5.06. The van der Waals surface area contributed by atoms with E-state index in [9.17, 15) is 4.79 Å². The minimum Gasteiger partial charge on any atom is -0.378 e. The van der Waals surface area contributed by atoms with Crippen molar-refractivity contribution in [3.05, 3.63) is 55.4 Å². The molecule has 0 bridgehead atoms. The number of hydrogen-bond acceptors (Lipinski definition) is 5. The molecule has 2 aromatic heterocycles. The molecule has 0 radical (unpaired) electrons. The summed E-state index contributed by atoms with van der Waals surface area (Å²) in [5.41, 5.74) is 2.00. The molecule has 0 spiro atoms. The quantitative estimate of drug-likeness (QED) is 0.655. The number of thiophene rings is 1. The highest BCUT2D eigenvalue weighted by molar-refractivity contribution is 9.10. The minimum atomic E-state index is -0.132. The molecule has 0 saturated heterocycles. The summed E-state index contributed by atoms with van der Waals surface area (Å²) in [5.74, 6) is 6.58. The molecular weight excluding hydrogens is 388 g/mol. The number of halogens is 1. The molecule has 0 unspecified atom stereocenters. The van der Waals surface area contributed by atoms with Gasteiger partial charge in [-0.2, -0.15) is 0 Å². The van der Waals surface area contributed by atoms with Crippen LogP contribution in [-0.4, -0.2) is 9.66 Å². The van der Waals surface area contributed by atoms with E-state index < -0.39 is 0 Å². The van der Waals surface area contributed by atoms with Crippen LogP contribution in [0.5, 0.6) is 0 Å². The summed E-state index contributed by atoms with van der Waals surface area (Å²) in [6.07, 6.45) is 4.33. The van der Waals surface area contributed by atoms with Gasteiger partial charge in [0.1, 0.15) is 4.83 Å². The lowest BCUT2D eigenvalue weighted by Gasteiger charge is -2.11. The maximum Gasteiger partial charge on any atom is 0.281 e. The highest BCUT2D eigenvalue weighted by Gasteiger charge is 2.21. The van der Waals surface area contributed by atoms with E-state index in [-0.39, 0.29) is 5.56 Å². The number of fused-ring (bicyclic) bond motifs is 3. The fourth-order valence-electron chi connectivity index (χ4n) is 3.13. The van der Waals surface area contributed by atoms with Gasteiger partial charge in [0.05, 0.1) is 11.9 Å². The Hall–Kier alpha value is -1.86. The summed E-state index contributed by atoms with van der Waals surface area (Å²) in [7, 11) is 0. The molecule has 1 aliphatic carbocycles. The first kappa shape index (κ1) is 15.7. The first-order valence-electron chi connectivity index (χ1n) is 7.94. The van der Waals surface area contributed by atoms with Gasteiger partial charge in [0.2, 0.25) is 0 Å². The van der Waals surface area contributed by atoms with Crippen LogP contribution in [0.2, 0.25) is 0 Å². The van der Waals surface area contributed by atoms with E-state index in [1.165, 1.54) is 21.5 Å². The fraction of sp³-hybridized carbons (Fsp3) is 0.294. The van der Waals surface area contributed by atoms with Crippen LogP contribution in [0.25, 0.3) is 10.2 Å². The molecule has 0 atom stereocenters. The minimum absolute atomic E-state index is 0.132. The second kappa shape index (κ2) is 6.22. The number of nitrogens with zero attached hydrogens (tertiary/aromatic N) is 2. The lowest BCUT2D eigenvalue weighted by atomic mass is 9.97. The van der Waals surface area contributed by atoms with Gasteiger partial charge < -0.3 is 11.2 Å². The molecule has 0 amide bonds. The molecule has 0 fully saturated rings. The smallest absolute Gasteiger partial charge is 0.281 e. The van der Waals surface area contributed by atoms with Gasteiger partial charge in [-0.1, -0.05) is 15.9 Å². The van der Waals surface area contributed by atoms with Crippen molar-refractivity contribution in [1.29, 1.82) is 0 Å². The molecule has 7 heteroatoms. The zero-order valence-electron chi connectivity index (χ0n) is 13.0. The molecule has 1 aromatic carbocycles. The molecule has 124 valence electrons. The fourth-order valence-corrected chi connectivity index (χ4v) is 4.67. The van der Waals surface area contributed by atoms with E-state index in [2.05, 4.69) is 26.2 Å². The molecule has 4 rings (SSSR count). The van der Waals surface area contributed by atoms with Gasteiger partial charge in [-0.05, 0) is 55.5 Å². The van der Waals surface area contributed by atoms with Crippen molar-refractivity contribution in [3.63, 3.8) is 0 Å². The molecular formula is C17H17BrN4OS. The second-order valence-electron chi connectivity index (χ2n) is 5.95. The standard InChI is InChI=1S/C17H17BrN4OS/c18-10-5-7-11(8-6-10)20-9-14-21-16-15(17(23)22(14)19)12-3-1-2-4-13(12)24-16/h5-8,20H,1-4,9,19H2. The van der Waals surface area contributed by atoms with E-state index >= 15 is 0 Å². The average Bonchev–Trinajstić information content (AvgIpc) is 2.96. The van der Waals surface area contributed by atoms with Crippen molar-refractivity contribution < 1.29 is 0 Å². The van der Waals surface area contributed by atoms with Gasteiger partial charge in [0.25, 0.3) is 5.56 Å². The SMILES string of the molecule is Nn1c(CNc2ccc(Br)cc2)nc2sc3c(c2c1=O)CCCC3. The molecule has 1 aliphatic rings. The summed E-state index contributed by atoms with van der Waals surface area (Å²) < 4.78 is 2.21. The maximum absolute atomic E-state index is 12.7. The van der Waals surface area contributed by atoms with Crippen LogP contribution in [0.3, 0.4) is 0 Å². The number of benzene rings is 1. The Morgan fingerprint density at radius 1 is 1.25 bits per heavy atom. The monoisotopic (exact) mass is 404 g/mol. The maximum atomic E-state index is 12.7. The number of aromatic nitrogens is 2. The Morgan fingerprint density at radius 2 is 2.00 bits per heavy atom. The van der Waals surface area contributed by atoms with Crippen LogP contribution < -0.4 is 16.7 Å². The third kappa shape index (κ3) is 2.71. The van der Waals surface area contributed by atoms with Crippen molar-refractivity contribution in [1.82, 2.24) is 9.66 Å². The largest absolute Gasteiger partial charge is 0.378 e. The van der Waals surface area contributed by atoms with Crippen LogP contribution in [0.1, 0.15) is 29.1 Å². The van der Waals surface area contributed by atoms with Crippen LogP contribution in [0.4, 0.5) is 5.69 Å². The number of nitrogen functional groups attached to an aromatic ring is 1. The normalized spacial score (nSPS) is 13.9. The first-order valence-corrected chi connectivity index (χ1v) is 9.55. The van der Waals surface area contributed by atoms with E-state index in [4.69, 9.17) is 5.84 Å². The van der Waals surface area contributed by atoms with Crippen LogP contribution in [-0.2, 0) is 19.4 Å². The Labute approximate surface area is 151 Å². The van der Waals surface area contributed by atoms with Crippen LogP contribution in [0, 0.1) is 0 Å². The molecule has 3 N–H and O–H groups in total. The van der Waals surface area contributed by atoms with E-state index in [1.54, 1.807) is 11.3 Å². The van der Waals surface area contributed by atoms with E-state index in [0.717, 1.165) is 39.6 Å². The number of anilines is 1. The molecule has 3 aromatic rings. The number of hydrogen-bond donors (Lipinski definition) is 2. The van der Waals surface area contributed by atoms with Crippen molar-refractivity contribution in [3.8, 4) is 0 Å². The summed E-state index contributed by atoms with van der Waals surface area (Å²) in [6.45, 7) is 0.409. The number of nitrogens with two attached hydrogens (primary N) is 1. The van der Waals surface area contributed by atoms with Gasteiger partial charge >= 0.3 is 0 Å². The van der Waals surface area contributed by atoms with Crippen molar-refractivity contribution in [2.45, 2.75) is 32.2 Å². The van der Waals surface area contributed by atoms with Gasteiger partial charge in [0.15, 0.2) is 5.82 Å². The Kier molecular flexibility index (Phi) is 4.05. The van der Waals surface area contributed by atoms with E-state index in [1.807, 2.05) is 24.3 Å². The highest BCUT2D eigenvalue weighted by atomic mass is 79.9. The Balaban J connectivity index is 1.70. The lowest BCUT2D eigenvalue weighted by molar-refractivity contribution is 0.699. The Bertz CT molecular complexity index is 961. The van der Waals surface area contributed by atoms with Crippen LogP contribution >= 0.6 is 27.3 Å².